The Bertz CT molecular complexity index is 642. The third kappa shape index (κ3) is 2.58. The molecule has 0 aliphatic carbocycles. The summed E-state index contributed by atoms with van der Waals surface area (Å²) in [7, 11) is 0. The molecule has 2 heterocycles. The van der Waals surface area contributed by atoms with Crippen LogP contribution in [0, 0.1) is 20.8 Å². The van der Waals surface area contributed by atoms with Crippen molar-refractivity contribution in [2.75, 3.05) is 41.7 Å². The monoisotopic (exact) mass is 302 g/mol. The molecule has 4 nitrogen and oxygen atoms in total. The van der Waals surface area contributed by atoms with Gasteiger partial charge in [0, 0.05) is 37.4 Å². The maximum absolute atomic E-state index is 5.86. The van der Waals surface area contributed by atoms with Crippen molar-refractivity contribution in [3.05, 3.63) is 34.9 Å². The number of aryl methyl sites for hydroxylation is 1. The van der Waals surface area contributed by atoms with E-state index in [0.717, 1.165) is 31.7 Å². The summed E-state index contributed by atoms with van der Waals surface area (Å²) in [5.74, 6) is 0.673. The first-order valence-corrected chi connectivity index (χ1v) is 8.13. The second kappa shape index (κ2) is 5.56. The summed E-state index contributed by atoms with van der Waals surface area (Å²) in [6.45, 7) is 10.6. The lowest BCUT2D eigenvalue weighted by atomic mass is 10.1. The lowest BCUT2D eigenvalue weighted by molar-refractivity contribution is 0.655. The first kappa shape index (κ1) is 14.2. The van der Waals surface area contributed by atoms with Crippen LogP contribution in [0.3, 0.4) is 0 Å². The predicted molar refractivity (Wildman–Crippen MR) is 91.6 cm³/mol. The summed E-state index contributed by atoms with van der Waals surface area (Å²) >= 11 is 1.52. The van der Waals surface area contributed by atoms with Gasteiger partial charge in [0.1, 0.15) is 10.8 Å². The number of anilines is 3. The molecule has 0 unspecified atom stereocenters. The highest BCUT2D eigenvalue weighted by Gasteiger charge is 2.22. The quantitative estimate of drug-likeness (QED) is 0.926. The van der Waals surface area contributed by atoms with Crippen LogP contribution < -0.4 is 15.5 Å². The van der Waals surface area contributed by atoms with Gasteiger partial charge in [0.05, 0.1) is 0 Å². The van der Waals surface area contributed by atoms with Crippen LogP contribution >= 0.6 is 11.5 Å². The van der Waals surface area contributed by atoms with Crippen molar-refractivity contribution in [2.45, 2.75) is 20.8 Å². The molecule has 1 aromatic carbocycles. The van der Waals surface area contributed by atoms with E-state index >= 15 is 0 Å². The molecule has 1 aliphatic rings. The average molecular weight is 302 g/mol. The molecule has 112 valence electrons. The summed E-state index contributed by atoms with van der Waals surface area (Å²) in [4.78, 5) is 4.89. The minimum atomic E-state index is 0.673. The molecule has 1 fully saturated rings. The molecule has 3 rings (SSSR count). The van der Waals surface area contributed by atoms with Crippen LogP contribution in [0.15, 0.2) is 18.2 Å². The third-order valence-corrected chi connectivity index (χ3v) is 5.44. The number of aromatic nitrogens is 1. The zero-order valence-electron chi connectivity index (χ0n) is 12.9. The molecule has 2 N–H and O–H groups in total. The zero-order valence-corrected chi connectivity index (χ0v) is 13.7. The van der Waals surface area contributed by atoms with E-state index in [9.17, 15) is 0 Å². The van der Waals surface area contributed by atoms with Gasteiger partial charge in [-0.05, 0) is 49.5 Å². The van der Waals surface area contributed by atoms with Gasteiger partial charge in [-0.3, -0.25) is 0 Å². The van der Waals surface area contributed by atoms with Crippen LogP contribution in [0.1, 0.15) is 16.7 Å². The molecule has 1 saturated heterocycles. The SMILES string of the molecule is Cc1cccc(N2CCN(c3snc(N)c3C)CC2)c1C. The number of hydrogen-bond donors (Lipinski definition) is 1. The summed E-state index contributed by atoms with van der Waals surface area (Å²) in [5, 5.41) is 1.23. The number of nitrogens with zero attached hydrogens (tertiary/aromatic N) is 3. The van der Waals surface area contributed by atoms with E-state index in [4.69, 9.17) is 5.73 Å². The van der Waals surface area contributed by atoms with E-state index in [-0.39, 0.29) is 0 Å². The van der Waals surface area contributed by atoms with E-state index in [0.29, 0.717) is 5.82 Å². The van der Waals surface area contributed by atoms with E-state index in [1.165, 1.54) is 33.3 Å². The fraction of sp³-hybridized carbons (Fsp3) is 0.438. The Morgan fingerprint density at radius 1 is 1.00 bits per heavy atom. The number of nitrogens with two attached hydrogens (primary N) is 1. The highest BCUT2D eigenvalue weighted by molar-refractivity contribution is 7.10. The third-order valence-electron chi connectivity index (χ3n) is 4.42. The van der Waals surface area contributed by atoms with Crippen LogP contribution in [0.2, 0.25) is 0 Å². The minimum Gasteiger partial charge on any atom is -0.383 e. The number of piperazine rings is 1. The number of nitrogen functional groups attached to an aromatic ring is 1. The zero-order chi connectivity index (χ0) is 15.0. The Hall–Kier alpha value is -1.75. The van der Waals surface area contributed by atoms with E-state index in [2.05, 4.69) is 53.1 Å². The highest BCUT2D eigenvalue weighted by atomic mass is 32.1. The molecule has 0 spiro atoms. The number of rotatable bonds is 2. The Balaban J connectivity index is 1.73. The van der Waals surface area contributed by atoms with Gasteiger partial charge in [-0.15, -0.1) is 0 Å². The van der Waals surface area contributed by atoms with Gasteiger partial charge >= 0.3 is 0 Å². The summed E-state index contributed by atoms with van der Waals surface area (Å²) in [5.41, 5.74) is 11.1. The van der Waals surface area contributed by atoms with E-state index in [1.807, 2.05) is 0 Å². The molecule has 2 aromatic rings. The van der Waals surface area contributed by atoms with Gasteiger partial charge in [-0.2, -0.15) is 4.37 Å². The first-order chi connectivity index (χ1) is 10.1. The van der Waals surface area contributed by atoms with Gasteiger partial charge in [-0.1, -0.05) is 12.1 Å². The van der Waals surface area contributed by atoms with E-state index < -0.39 is 0 Å². The van der Waals surface area contributed by atoms with Crippen molar-refractivity contribution in [3.8, 4) is 0 Å². The van der Waals surface area contributed by atoms with E-state index in [1.54, 1.807) is 0 Å². The molecule has 0 bridgehead atoms. The second-order valence-corrected chi connectivity index (χ2v) is 6.44. The van der Waals surface area contributed by atoms with Crippen LogP contribution in [-0.2, 0) is 0 Å². The van der Waals surface area contributed by atoms with Crippen molar-refractivity contribution < 1.29 is 0 Å². The maximum Gasteiger partial charge on any atom is 0.142 e. The Kier molecular flexibility index (Phi) is 3.76. The second-order valence-electron chi connectivity index (χ2n) is 5.69. The molecule has 21 heavy (non-hydrogen) atoms. The van der Waals surface area contributed by atoms with Crippen LogP contribution in [0.4, 0.5) is 16.5 Å². The van der Waals surface area contributed by atoms with Gasteiger partial charge < -0.3 is 15.5 Å². The summed E-state index contributed by atoms with van der Waals surface area (Å²) in [6, 6.07) is 6.56. The van der Waals surface area contributed by atoms with Crippen molar-refractivity contribution in [1.82, 2.24) is 4.37 Å². The molecule has 1 aliphatic heterocycles. The van der Waals surface area contributed by atoms with Crippen LogP contribution in [-0.4, -0.2) is 30.6 Å². The van der Waals surface area contributed by atoms with Crippen molar-refractivity contribution in [3.63, 3.8) is 0 Å². The fourth-order valence-electron chi connectivity index (χ4n) is 2.86. The van der Waals surface area contributed by atoms with Gasteiger partial charge in [0.25, 0.3) is 0 Å². The summed E-state index contributed by atoms with van der Waals surface area (Å²) < 4.78 is 4.26. The van der Waals surface area contributed by atoms with Gasteiger partial charge in [-0.25, -0.2) is 0 Å². The van der Waals surface area contributed by atoms with Crippen LogP contribution in [0.5, 0.6) is 0 Å². The molecule has 0 amide bonds. The smallest absolute Gasteiger partial charge is 0.142 e. The van der Waals surface area contributed by atoms with Crippen LogP contribution in [0.25, 0.3) is 0 Å². The molecule has 0 saturated carbocycles. The Morgan fingerprint density at radius 3 is 2.29 bits per heavy atom. The Morgan fingerprint density at radius 2 is 1.67 bits per heavy atom. The van der Waals surface area contributed by atoms with Crippen molar-refractivity contribution >= 4 is 28.0 Å². The maximum atomic E-state index is 5.86. The van der Waals surface area contributed by atoms with Gasteiger partial charge in [0.2, 0.25) is 0 Å². The normalized spacial score (nSPS) is 15.6. The first-order valence-electron chi connectivity index (χ1n) is 7.36. The minimum absolute atomic E-state index is 0.673. The predicted octanol–water partition coefficient (Wildman–Crippen LogP) is 2.98. The lowest BCUT2D eigenvalue weighted by Crippen LogP contribution is -2.46. The largest absolute Gasteiger partial charge is 0.383 e. The van der Waals surface area contributed by atoms with Crippen molar-refractivity contribution in [1.29, 1.82) is 0 Å². The molecule has 0 atom stereocenters. The van der Waals surface area contributed by atoms with Crippen molar-refractivity contribution in [2.24, 2.45) is 0 Å². The lowest BCUT2D eigenvalue weighted by Gasteiger charge is -2.37. The molecular weight excluding hydrogens is 280 g/mol. The number of hydrogen-bond acceptors (Lipinski definition) is 5. The fourth-order valence-corrected chi connectivity index (χ4v) is 3.72. The topological polar surface area (TPSA) is 45.4 Å². The molecule has 5 heteroatoms. The van der Waals surface area contributed by atoms with Gasteiger partial charge in [0.15, 0.2) is 0 Å². The average Bonchev–Trinajstić information content (AvgIpc) is 2.82. The Labute approximate surface area is 130 Å². The molecule has 1 aromatic heterocycles. The molecular formula is C16H22N4S. The molecule has 0 radical (unpaired) electrons. The standard InChI is InChI=1S/C16H22N4S/c1-11-5-4-6-14(12(11)2)19-7-9-20(10-8-19)16-13(3)15(17)18-21-16/h4-6H,7-10H2,1-3H3,(H2,17,18). The summed E-state index contributed by atoms with van der Waals surface area (Å²) in [6.07, 6.45) is 0. The number of benzene rings is 1. The highest BCUT2D eigenvalue weighted by Crippen LogP contribution is 2.31.